The number of rotatable bonds is 5. The van der Waals surface area contributed by atoms with Gasteiger partial charge in [-0.25, -0.2) is 4.98 Å². The Morgan fingerprint density at radius 3 is 2.93 bits per heavy atom. The first-order valence-corrected chi connectivity index (χ1v) is 7.19. The van der Waals surface area contributed by atoms with Crippen LogP contribution in [0.5, 0.6) is 0 Å². The van der Waals surface area contributed by atoms with Crippen molar-refractivity contribution in [2.24, 2.45) is 0 Å². The second-order valence-corrected chi connectivity index (χ2v) is 5.98. The zero-order chi connectivity index (χ0) is 11.3. The number of pyridine rings is 1. The Bertz CT molecular complexity index is 346. The molecule has 0 saturated heterocycles. The monoisotopic (exact) mass is 290 g/mol. The highest BCUT2D eigenvalue weighted by Gasteiger charge is 2.05. The lowest BCUT2D eigenvalue weighted by molar-refractivity contribution is 0.672. The van der Waals surface area contributed by atoms with Gasteiger partial charge in [-0.1, -0.05) is 13.0 Å². The molecule has 0 aliphatic rings. The summed E-state index contributed by atoms with van der Waals surface area (Å²) in [6.45, 7) is 2.79. The number of hydrogen-bond acceptors (Lipinski definition) is 3. The lowest BCUT2D eigenvalue weighted by atomic mass is 10.3. The van der Waals surface area contributed by atoms with Crippen LogP contribution in [0, 0.1) is 0 Å². The Morgan fingerprint density at radius 2 is 2.33 bits per heavy atom. The van der Waals surface area contributed by atoms with E-state index in [1.807, 2.05) is 25.1 Å². The van der Waals surface area contributed by atoms with E-state index >= 15 is 0 Å². The summed E-state index contributed by atoms with van der Waals surface area (Å²) in [6, 6.07) is 5.73. The van der Waals surface area contributed by atoms with Gasteiger partial charge in [0.2, 0.25) is 0 Å². The summed E-state index contributed by atoms with van der Waals surface area (Å²) in [7, 11) is -0.742. The van der Waals surface area contributed by atoms with E-state index in [0.717, 1.165) is 23.4 Å². The second-order valence-electron chi connectivity index (χ2n) is 3.37. The number of halogens is 1. The minimum absolute atomic E-state index is 0.227. The molecule has 0 bridgehead atoms. The van der Waals surface area contributed by atoms with Gasteiger partial charge in [0.15, 0.2) is 0 Å². The molecule has 1 heterocycles. The van der Waals surface area contributed by atoms with Crippen molar-refractivity contribution in [3.63, 3.8) is 0 Å². The van der Waals surface area contributed by atoms with E-state index in [4.69, 9.17) is 0 Å². The molecule has 2 unspecified atom stereocenters. The molecule has 0 saturated carbocycles. The van der Waals surface area contributed by atoms with E-state index in [2.05, 4.69) is 26.2 Å². The van der Waals surface area contributed by atoms with Crippen molar-refractivity contribution in [1.29, 1.82) is 0 Å². The van der Waals surface area contributed by atoms with E-state index in [-0.39, 0.29) is 5.25 Å². The Kier molecular flexibility index (Phi) is 5.25. The standard InChI is InChI=1S/C10H15BrN2OS/c1-8(15(2)14)6-7-12-10-5-3-4-9(11)13-10/h3-5,8H,6-7H2,1-2H3,(H,12,13). The van der Waals surface area contributed by atoms with E-state index in [0.29, 0.717) is 0 Å². The van der Waals surface area contributed by atoms with Crippen LogP contribution in [0.2, 0.25) is 0 Å². The molecule has 0 aliphatic carbocycles. The first-order valence-electron chi connectivity index (χ1n) is 4.78. The third-order valence-corrected chi connectivity index (χ3v) is 3.95. The van der Waals surface area contributed by atoms with E-state index in [1.54, 1.807) is 6.26 Å². The molecule has 0 radical (unpaired) electrons. The van der Waals surface area contributed by atoms with Crippen molar-refractivity contribution in [2.75, 3.05) is 18.1 Å². The molecule has 0 amide bonds. The maximum atomic E-state index is 11.1. The predicted octanol–water partition coefficient (Wildman–Crippen LogP) is 2.41. The maximum absolute atomic E-state index is 11.1. The van der Waals surface area contributed by atoms with Crippen LogP contribution in [-0.4, -0.2) is 27.2 Å². The summed E-state index contributed by atoms with van der Waals surface area (Å²) in [4.78, 5) is 4.24. The van der Waals surface area contributed by atoms with E-state index in [9.17, 15) is 4.21 Å². The van der Waals surface area contributed by atoms with Crippen LogP contribution in [-0.2, 0) is 10.8 Å². The van der Waals surface area contributed by atoms with Crippen molar-refractivity contribution < 1.29 is 4.21 Å². The third-order valence-electron chi connectivity index (χ3n) is 2.14. The molecule has 1 aromatic rings. The van der Waals surface area contributed by atoms with Crippen LogP contribution in [0.15, 0.2) is 22.8 Å². The molecule has 1 N–H and O–H groups in total. The molecule has 15 heavy (non-hydrogen) atoms. The van der Waals surface area contributed by atoms with Crippen molar-refractivity contribution in [3.05, 3.63) is 22.8 Å². The smallest absolute Gasteiger partial charge is 0.127 e. The first kappa shape index (κ1) is 12.6. The van der Waals surface area contributed by atoms with Crippen molar-refractivity contribution in [2.45, 2.75) is 18.6 Å². The van der Waals surface area contributed by atoms with E-state index < -0.39 is 10.8 Å². The van der Waals surface area contributed by atoms with Crippen molar-refractivity contribution in [1.82, 2.24) is 4.98 Å². The number of hydrogen-bond donors (Lipinski definition) is 1. The minimum Gasteiger partial charge on any atom is -0.370 e. The molecule has 5 heteroatoms. The second kappa shape index (κ2) is 6.23. The fourth-order valence-corrected chi connectivity index (χ4v) is 1.87. The zero-order valence-corrected chi connectivity index (χ0v) is 11.3. The Balaban J connectivity index is 2.35. The molecule has 1 aromatic heterocycles. The van der Waals surface area contributed by atoms with Gasteiger partial charge in [-0.05, 0) is 34.5 Å². The first-order chi connectivity index (χ1) is 7.09. The predicted molar refractivity (Wildman–Crippen MR) is 68.6 cm³/mol. The molecule has 0 fully saturated rings. The van der Waals surface area contributed by atoms with Gasteiger partial charge >= 0.3 is 0 Å². The molecule has 3 nitrogen and oxygen atoms in total. The summed E-state index contributed by atoms with van der Waals surface area (Å²) in [5.74, 6) is 0.846. The Hall–Kier alpha value is -0.420. The van der Waals surface area contributed by atoms with Crippen LogP contribution in [0.1, 0.15) is 13.3 Å². The van der Waals surface area contributed by atoms with Gasteiger partial charge in [-0.3, -0.25) is 4.21 Å². The van der Waals surface area contributed by atoms with Crippen LogP contribution in [0.3, 0.4) is 0 Å². The third kappa shape index (κ3) is 4.75. The van der Waals surface area contributed by atoms with Gasteiger partial charge in [0.05, 0.1) is 0 Å². The number of aromatic nitrogens is 1. The minimum atomic E-state index is -0.742. The lowest BCUT2D eigenvalue weighted by Crippen LogP contribution is -2.15. The summed E-state index contributed by atoms with van der Waals surface area (Å²) in [5, 5.41) is 3.42. The molecule has 2 atom stereocenters. The van der Waals surface area contributed by atoms with Gasteiger partial charge in [-0.15, -0.1) is 0 Å². The summed E-state index contributed by atoms with van der Waals surface area (Å²) >= 11 is 3.31. The number of nitrogens with one attached hydrogen (secondary N) is 1. The Morgan fingerprint density at radius 1 is 1.60 bits per heavy atom. The Labute approximate surface area is 101 Å². The average Bonchev–Trinajstić information content (AvgIpc) is 2.17. The molecule has 0 aromatic carbocycles. The molecule has 0 aliphatic heterocycles. The topological polar surface area (TPSA) is 42.0 Å². The maximum Gasteiger partial charge on any atom is 0.127 e. The SMILES string of the molecule is CC(CCNc1cccc(Br)n1)S(C)=O. The van der Waals surface area contributed by atoms with Crippen LogP contribution in [0.25, 0.3) is 0 Å². The molecular formula is C10H15BrN2OS. The van der Waals surface area contributed by atoms with E-state index in [1.165, 1.54) is 0 Å². The molecule has 0 spiro atoms. The van der Waals surface area contributed by atoms with Crippen molar-refractivity contribution in [3.8, 4) is 0 Å². The van der Waals surface area contributed by atoms with Crippen LogP contribution < -0.4 is 5.32 Å². The highest BCUT2D eigenvalue weighted by Crippen LogP contribution is 2.10. The van der Waals surface area contributed by atoms with Gasteiger partial charge in [-0.2, -0.15) is 0 Å². The number of nitrogens with zero attached hydrogens (tertiary/aromatic N) is 1. The number of anilines is 1. The van der Waals surface area contributed by atoms with Gasteiger partial charge in [0.1, 0.15) is 10.4 Å². The molecule has 84 valence electrons. The molecular weight excluding hydrogens is 276 g/mol. The zero-order valence-electron chi connectivity index (χ0n) is 8.87. The summed E-state index contributed by atoms with van der Waals surface area (Å²) < 4.78 is 11.9. The van der Waals surface area contributed by atoms with Gasteiger partial charge in [0, 0.05) is 28.9 Å². The fourth-order valence-electron chi connectivity index (χ4n) is 1.08. The normalized spacial score (nSPS) is 14.6. The van der Waals surface area contributed by atoms with Crippen LogP contribution >= 0.6 is 15.9 Å². The molecule has 1 rings (SSSR count). The highest BCUT2D eigenvalue weighted by molar-refractivity contribution is 9.10. The van der Waals surface area contributed by atoms with Gasteiger partial charge in [0.25, 0.3) is 0 Å². The summed E-state index contributed by atoms with van der Waals surface area (Å²) in [6.07, 6.45) is 2.62. The highest BCUT2D eigenvalue weighted by atomic mass is 79.9. The van der Waals surface area contributed by atoms with Crippen LogP contribution in [0.4, 0.5) is 5.82 Å². The summed E-state index contributed by atoms with van der Waals surface area (Å²) in [5.41, 5.74) is 0. The largest absolute Gasteiger partial charge is 0.370 e. The fraction of sp³-hybridized carbons (Fsp3) is 0.500. The average molecular weight is 291 g/mol. The quantitative estimate of drug-likeness (QED) is 0.847. The van der Waals surface area contributed by atoms with Gasteiger partial charge < -0.3 is 5.32 Å². The lowest BCUT2D eigenvalue weighted by Gasteiger charge is -2.09. The van der Waals surface area contributed by atoms with Crippen molar-refractivity contribution >= 4 is 32.5 Å².